The lowest BCUT2D eigenvalue weighted by Crippen LogP contribution is -2.52. The van der Waals surface area contributed by atoms with Crippen LogP contribution in [0.2, 0.25) is 0 Å². The Morgan fingerprint density at radius 2 is 1.10 bits per heavy atom. The van der Waals surface area contributed by atoms with Gasteiger partial charge in [-0.05, 0) is 48.9 Å². The summed E-state index contributed by atoms with van der Waals surface area (Å²) in [5.74, 6) is -0.746. The first-order chi connectivity index (χ1) is 18.8. The van der Waals surface area contributed by atoms with Gasteiger partial charge in [0.1, 0.15) is 5.54 Å². The molecular formula is C34H37NO2P2. The summed E-state index contributed by atoms with van der Waals surface area (Å²) in [6, 6.07) is 42.4. The minimum Gasteiger partial charge on any atom is -0.480 e. The minimum absolute atomic E-state index is 0.142. The van der Waals surface area contributed by atoms with E-state index in [2.05, 4.69) is 135 Å². The predicted molar refractivity (Wildman–Crippen MR) is 168 cm³/mol. The topological polar surface area (TPSA) is 49.3 Å². The first-order valence-corrected chi connectivity index (χ1v) is 16.4. The van der Waals surface area contributed by atoms with Crippen LogP contribution in [0.15, 0.2) is 121 Å². The van der Waals surface area contributed by atoms with Crippen molar-refractivity contribution in [3.63, 3.8) is 0 Å². The zero-order valence-electron chi connectivity index (χ0n) is 22.9. The van der Waals surface area contributed by atoms with Gasteiger partial charge in [0.05, 0.1) is 0 Å². The SMILES string of the molecule is CC(C)(C)C1(P(c2ccccc2)c2ccccc2)CNC(CP(c2ccccc2)c2ccccc2)(C(=O)O)C1. The van der Waals surface area contributed by atoms with Gasteiger partial charge in [-0.3, -0.25) is 4.79 Å². The van der Waals surface area contributed by atoms with Crippen LogP contribution in [0.4, 0.5) is 0 Å². The van der Waals surface area contributed by atoms with Crippen LogP contribution in [0.25, 0.3) is 0 Å². The molecule has 4 aromatic rings. The van der Waals surface area contributed by atoms with Crippen LogP contribution < -0.4 is 26.5 Å². The van der Waals surface area contributed by atoms with Crippen molar-refractivity contribution in [1.82, 2.24) is 5.32 Å². The van der Waals surface area contributed by atoms with E-state index in [1.165, 1.54) is 21.2 Å². The number of carboxylic acids is 1. The quantitative estimate of drug-likeness (QED) is 0.269. The fourth-order valence-electron chi connectivity index (χ4n) is 5.91. The normalized spacial score (nSPS) is 21.4. The molecule has 1 saturated heterocycles. The molecule has 2 atom stereocenters. The minimum atomic E-state index is -1.03. The predicted octanol–water partition coefficient (Wildman–Crippen LogP) is 5.85. The van der Waals surface area contributed by atoms with E-state index < -0.39 is 27.4 Å². The molecule has 5 rings (SSSR count). The number of hydrogen-bond acceptors (Lipinski definition) is 2. The molecule has 0 spiro atoms. The van der Waals surface area contributed by atoms with Crippen molar-refractivity contribution in [2.45, 2.75) is 37.9 Å². The van der Waals surface area contributed by atoms with Crippen molar-refractivity contribution >= 4 is 43.0 Å². The van der Waals surface area contributed by atoms with Crippen LogP contribution in [0.3, 0.4) is 0 Å². The molecule has 1 fully saturated rings. The molecular weight excluding hydrogens is 516 g/mol. The maximum atomic E-state index is 13.4. The molecule has 2 unspecified atom stereocenters. The maximum Gasteiger partial charge on any atom is 0.324 e. The van der Waals surface area contributed by atoms with Gasteiger partial charge < -0.3 is 10.4 Å². The van der Waals surface area contributed by atoms with Crippen LogP contribution in [0, 0.1) is 5.41 Å². The summed E-state index contributed by atoms with van der Waals surface area (Å²) >= 11 is 0. The molecule has 0 aliphatic carbocycles. The number of carboxylic acid groups (broad SMARTS) is 1. The zero-order chi connectivity index (χ0) is 27.5. The van der Waals surface area contributed by atoms with Crippen molar-refractivity contribution in [3.8, 4) is 0 Å². The van der Waals surface area contributed by atoms with Crippen LogP contribution in [-0.2, 0) is 4.79 Å². The van der Waals surface area contributed by atoms with E-state index in [1.807, 2.05) is 12.1 Å². The highest BCUT2D eigenvalue weighted by atomic mass is 31.1. The van der Waals surface area contributed by atoms with Crippen molar-refractivity contribution in [1.29, 1.82) is 0 Å². The van der Waals surface area contributed by atoms with Gasteiger partial charge in [0, 0.05) is 17.9 Å². The Kier molecular flexibility index (Phi) is 8.06. The molecule has 200 valence electrons. The summed E-state index contributed by atoms with van der Waals surface area (Å²) in [7, 11) is -1.74. The van der Waals surface area contributed by atoms with Gasteiger partial charge in [0.15, 0.2) is 0 Å². The van der Waals surface area contributed by atoms with E-state index >= 15 is 0 Å². The molecule has 3 nitrogen and oxygen atoms in total. The Hall–Kier alpha value is -2.83. The number of rotatable bonds is 8. The molecule has 0 radical (unpaired) electrons. The van der Waals surface area contributed by atoms with Crippen molar-refractivity contribution in [2.24, 2.45) is 5.41 Å². The Balaban J connectivity index is 1.64. The third-order valence-electron chi connectivity index (χ3n) is 8.14. The third kappa shape index (κ3) is 5.46. The first-order valence-electron chi connectivity index (χ1n) is 13.5. The lowest BCUT2D eigenvalue weighted by molar-refractivity contribution is -0.143. The lowest BCUT2D eigenvalue weighted by Gasteiger charge is -2.48. The molecule has 1 aliphatic heterocycles. The van der Waals surface area contributed by atoms with Gasteiger partial charge in [0.2, 0.25) is 0 Å². The molecule has 1 heterocycles. The maximum absolute atomic E-state index is 13.4. The number of hydrogen-bond donors (Lipinski definition) is 2. The van der Waals surface area contributed by atoms with E-state index in [4.69, 9.17) is 0 Å². The Morgan fingerprint density at radius 3 is 1.46 bits per heavy atom. The molecule has 4 aromatic carbocycles. The van der Waals surface area contributed by atoms with Gasteiger partial charge >= 0.3 is 5.97 Å². The van der Waals surface area contributed by atoms with Gasteiger partial charge in [-0.2, -0.15) is 0 Å². The highest BCUT2D eigenvalue weighted by Crippen LogP contribution is 2.63. The van der Waals surface area contributed by atoms with Crippen LogP contribution in [-0.4, -0.2) is 34.5 Å². The van der Waals surface area contributed by atoms with E-state index in [0.29, 0.717) is 19.1 Å². The molecule has 0 aromatic heterocycles. The summed E-state index contributed by atoms with van der Waals surface area (Å²) in [6.45, 7) is 7.55. The number of benzene rings is 4. The van der Waals surface area contributed by atoms with Crippen LogP contribution in [0.5, 0.6) is 0 Å². The first kappa shape index (κ1) is 27.7. The highest BCUT2D eigenvalue weighted by Gasteiger charge is 2.61. The summed E-state index contributed by atoms with van der Waals surface area (Å²) in [6.07, 6.45) is 1.13. The average Bonchev–Trinajstić information content (AvgIpc) is 3.36. The van der Waals surface area contributed by atoms with Crippen LogP contribution in [0.1, 0.15) is 27.2 Å². The summed E-state index contributed by atoms with van der Waals surface area (Å²) in [5.41, 5.74) is -1.17. The van der Waals surface area contributed by atoms with Gasteiger partial charge in [-0.1, -0.05) is 142 Å². The standard InChI is InChI=1S/C34H37NO2P2/c1-32(2,3)34(39(29-20-12-6-13-21-29)30-22-14-7-15-23-30)24-33(31(36)37,35-25-34)26-38(27-16-8-4-9-17-27)28-18-10-5-11-19-28/h4-23,35H,24-26H2,1-3H3,(H,36,37). The van der Waals surface area contributed by atoms with Gasteiger partial charge in [-0.25, -0.2) is 0 Å². The molecule has 2 N–H and O–H groups in total. The van der Waals surface area contributed by atoms with Crippen molar-refractivity contribution < 1.29 is 9.90 Å². The zero-order valence-corrected chi connectivity index (χ0v) is 24.7. The van der Waals surface area contributed by atoms with Crippen molar-refractivity contribution in [3.05, 3.63) is 121 Å². The lowest BCUT2D eigenvalue weighted by atomic mass is 9.76. The van der Waals surface area contributed by atoms with Crippen LogP contribution >= 0.6 is 15.8 Å². The number of nitrogens with one attached hydrogen (secondary N) is 1. The Morgan fingerprint density at radius 1 is 0.718 bits per heavy atom. The molecule has 0 bridgehead atoms. The number of aliphatic carboxylic acids is 1. The van der Waals surface area contributed by atoms with E-state index in [-0.39, 0.29) is 10.6 Å². The second kappa shape index (κ2) is 11.3. The van der Waals surface area contributed by atoms with Crippen molar-refractivity contribution in [2.75, 3.05) is 12.7 Å². The summed E-state index contributed by atoms with van der Waals surface area (Å²) < 4.78 is 0. The molecule has 5 heteroatoms. The van der Waals surface area contributed by atoms with Gasteiger partial charge in [-0.15, -0.1) is 0 Å². The summed E-state index contributed by atoms with van der Waals surface area (Å²) in [5, 5.41) is 19.4. The fraction of sp³-hybridized carbons (Fsp3) is 0.265. The molecule has 1 aliphatic rings. The molecule has 0 saturated carbocycles. The second-order valence-electron chi connectivity index (χ2n) is 11.5. The number of carbonyl (C=O) groups is 1. The van der Waals surface area contributed by atoms with E-state index in [0.717, 1.165) is 0 Å². The third-order valence-corrected chi connectivity index (χ3v) is 14.3. The van der Waals surface area contributed by atoms with Gasteiger partial charge in [0.25, 0.3) is 0 Å². The monoisotopic (exact) mass is 553 g/mol. The highest BCUT2D eigenvalue weighted by molar-refractivity contribution is 7.74. The molecule has 39 heavy (non-hydrogen) atoms. The second-order valence-corrected chi connectivity index (χ2v) is 16.2. The average molecular weight is 554 g/mol. The largest absolute Gasteiger partial charge is 0.480 e. The fourth-order valence-corrected chi connectivity index (χ4v) is 12.1. The Labute approximate surface area is 235 Å². The Bertz CT molecular complexity index is 1300. The van der Waals surface area contributed by atoms with E-state index in [9.17, 15) is 9.90 Å². The van der Waals surface area contributed by atoms with E-state index in [1.54, 1.807) is 0 Å². The smallest absolute Gasteiger partial charge is 0.324 e. The summed E-state index contributed by atoms with van der Waals surface area (Å²) in [4.78, 5) is 13.4. The molecule has 0 amide bonds.